The van der Waals surface area contributed by atoms with E-state index in [-0.39, 0.29) is 12.5 Å². The first-order chi connectivity index (χ1) is 13.2. The summed E-state index contributed by atoms with van der Waals surface area (Å²) >= 11 is 0. The van der Waals surface area contributed by atoms with Gasteiger partial charge >= 0.3 is 0 Å². The highest BCUT2D eigenvalue weighted by Crippen LogP contribution is 2.23. The van der Waals surface area contributed by atoms with Gasteiger partial charge in [-0.3, -0.25) is 9.89 Å². The second-order valence-electron chi connectivity index (χ2n) is 5.85. The van der Waals surface area contributed by atoms with E-state index >= 15 is 0 Å². The Morgan fingerprint density at radius 3 is 2.93 bits per heavy atom. The largest absolute Gasteiger partial charge is 0.439 e. The number of para-hydroxylation sites is 1. The number of amides is 1. The molecule has 0 fully saturated rings. The van der Waals surface area contributed by atoms with Crippen molar-refractivity contribution in [3.8, 4) is 11.6 Å². The summed E-state index contributed by atoms with van der Waals surface area (Å²) in [7, 11) is 0. The molecule has 2 N–H and O–H groups in total. The lowest BCUT2D eigenvalue weighted by Crippen LogP contribution is -2.23. The molecule has 4 rings (SSSR count). The molecule has 0 spiro atoms. The molecule has 2 aromatic carbocycles. The van der Waals surface area contributed by atoms with Gasteiger partial charge in [0.25, 0.3) is 5.91 Å². The van der Waals surface area contributed by atoms with Gasteiger partial charge < -0.3 is 10.1 Å². The third-order valence-electron chi connectivity index (χ3n) is 4.02. The fraction of sp³-hybridized carbons (Fsp3) is 0.0500. The zero-order valence-corrected chi connectivity index (χ0v) is 14.1. The fourth-order valence-corrected chi connectivity index (χ4v) is 2.72. The van der Waals surface area contributed by atoms with Gasteiger partial charge in [0, 0.05) is 29.8 Å². The van der Waals surface area contributed by atoms with Crippen molar-refractivity contribution in [1.29, 1.82) is 0 Å². The standard InChI is InChI=1S/C20H15FN4O2/c21-15-6-2-7-16(10-15)27-20-14(5-3-9-22-20)11-23-19(26)17-8-1-4-13-12-24-25-18(13)17/h1-10,12H,11H2,(H,23,26)(H,24,25). The Hall–Kier alpha value is -3.74. The van der Waals surface area contributed by atoms with Crippen molar-refractivity contribution < 1.29 is 13.9 Å². The number of pyridine rings is 1. The number of ether oxygens (including phenoxy) is 1. The van der Waals surface area contributed by atoms with Crippen LogP contribution in [0, 0.1) is 5.82 Å². The molecular weight excluding hydrogens is 347 g/mol. The number of nitrogens with one attached hydrogen (secondary N) is 2. The number of carbonyl (C=O) groups is 1. The first kappa shape index (κ1) is 16.7. The van der Waals surface area contributed by atoms with E-state index < -0.39 is 5.82 Å². The molecule has 0 aliphatic carbocycles. The summed E-state index contributed by atoms with van der Waals surface area (Å²) in [5.74, 6) is 0.00278. The Balaban J connectivity index is 1.52. The molecule has 2 aromatic heterocycles. The van der Waals surface area contributed by atoms with Crippen molar-refractivity contribution in [1.82, 2.24) is 20.5 Å². The molecule has 0 saturated heterocycles. The summed E-state index contributed by atoms with van der Waals surface area (Å²) in [4.78, 5) is 16.8. The zero-order chi connectivity index (χ0) is 18.6. The summed E-state index contributed by atoms with van der Waals surface area (Å²) in [6.45, 7) is 0.210. The van der Waals surface area contributed by atoms with Gasteiger partial charge in [-0.1, -0.05) is 24.3 Å². The van der Waals surface area contributed by atoms with Crippen molar-refractivity contribution in [2.75, 3.05) is 0 Å². The van der Waals surface area contributed by atoms with Crippen LogP contribution in [0.15, 0.2) is 67.0 Å². The molecule has 2 heterocycles. The minimum Gasteiger partial charge on any atom is -0.439 e. The van der Waals surface area contributed by atoms with Gasteiger partial charge in [-0.2, -0.15) is 5.10 Å². The third-order valence-corrected chi connectivity index (χ3v) is 4.02. The van der Waals surface area contributed by atoms with Crippen LogP contribution in [0.25, 0.3) is 10.9 Å². The monoisotopic (exact) mass is 362 g/mol. The molecule has 0 radical (unpaired) electrons. The summed E-state index contributed by atoms with van der Waals surface area (Å²) in [6.07, 6.45) is 3.24. The number of aromatic amines is 1. The highest BCUT2D eigenvalue weighted by atomic mass is 19.1. The Labute approximate surface area is 154 Å². The van der Waals surface area contributed by atoms with Gasteiger partial charge in [0.2, 0.25) is 5.88 Å². The number of aromatic nitrogens is 3. The zero-order valence-electron chi connectivity index (χ0n) is 14.1. The highest BCUT2D eigenvalue weighted by molar-refractivity contribution is 6.05. The number of nitrogens with zero attached hydrogens (tertiary/aromatic N) is 2. The Kier molecular flexibility index (Phi) is 4.49. The molecule has 7 heteroatoms. The summed E-state index contributed by atoms with van der Waals surface area (Å²) in [6, 6.07) is 14.7. The molecule has 0 saturated carbocycles. The van der Waals surface area contributed by atoms with E-state index in [4.69, 9.17) is 4.74 Å². The predicted octanol–water partition coefficient (Wildman–Crippen LogP) is 3.82. The van der Waals surface area contributed by atoms with Gasteiger partial charge in [-0.25, -0.2) is 9.37 Å². The van der Waals surface area contributed by atoms with Gasteiger partial charge in [0.05, 0.1) is 17.3 Å². The second kappa shape index (κ2) is 7.25. The lowest BCUT2D eigenvalue weighted by Gasteiger charge is -2.11. The predicted molar refractivity (Wildman–Crippen MR) is 98.0 cm³/mol. The van der Waals surface area contributed by atoms with E-state index in [9.17, 15) is 9.18 Å². The molecule has 4 aromatic rings. The Bertz CT molecular complexity index is 1110. The van der Waals surface area contributed by atoms with Crippen LogP contribution in [0.5, 0.6) is 11.6 Å². The van der Waals surface area contributed by atoms with E-state index in [1.54, 1.807) is 48.8 Å². The van der Waals surface area contributed by atoms with Crippen molar-refractivity contribution in [2.45, 2.75) is 6.54 Å². The van der Waals surface area contributed by atoms with E-state index in [0.29, 0.717) is 28.3 Å². The van der Waals surface area contributed by atoms with Crippen LogP contribution in [0.4, 0.5) is 4.39 Å². The molecule has 0 atom stereocenters. The molecular formula is C20H15FN4O2. The lowest BCUT2D eigenvalue weighted by atomic mass is 10.1. The van der Waals surface area contributed by atoms with Crippen LogP contribution >= 0.6 is 0 Å². The SMILES string of the molecule is O=C(NCc1cccnc1Oc1cccc(F)c1)c1cccc2cn[nH]c12. The maximum atomic E-state index is 13.3. The van der Waals surface area contributed by atoms with Crippen molar-refractivity contribution in [3.63, 3.8) is 0 Å². The summed E-state index contributed by atoms with van der Waals surface area (Å²) in [5.41, 5.74) is 1.85. The minimum atomic E-state index is -0.397. The number of rotatable bonds is 5. The molecule has 0 bridgehead atoms. The summed E-state index contributed by atoms with van der Waals surface area (Å²) in [5, 5.41) is 10.5. The number of H-pyrrole nitrogens is 1. The average Bonchev–Trinajstić information content (AvgIpc) is 3.16. The van der Waals surface area contributed by atoms with Crippen molar-refractivity contribution in [3.05, 3.63) is 83.9 Å². The summed E-state index contributed by atoms with van der Waals surface area (Å²) < 4.78 is 19.0. The van der Waals surface area contributed by atoms with Gasteiger partial charge in [0.1, 0.15) is 11.6 Å². The van der Waals surface area contributed by atoms with Crippen LogP contribution in [0.3, 0.4) is 0 Å². The van der Waals surface area contributed by atoms with E-state index in [1.165, 1.54) is 12.1 Å². The topological polar surface area (TPSA) is 79.9 Å². The van der Waals surface area contributed by atoms with Crippen LogP contribution in [-0.4, -0.2) is 21.1 Å². The molecule has 27 heavy (non-hydrogen) atoms. The molecule has 134 valence electrons. The van der Waals surface area contributed by atoms with Gasteiger partial charge in [-0.15, -0.1) is 0 Å². The van der Waals surface area contributed by atoms with Crippen LogP contribution < -0.4 is 10.1 Å². The Morgan fingerprint density at radius 1 is 1.15 bits per heavy atom. The lowest BCUT2D eigenvalue weighted by molar-refractivity contribution is 0.0952. The molecule has 0 aliphatic heterocycles. The van der Waals surface area contributed by atoms with Gasteiger partial charge in [0.15, 0.2) is 0 Å². The molecule has 6 nitrogen and oxygen atoms in total. The van der Waals surface area contributed by atoms with Crippen LogP contribution in [0.2, 0.25) is 0 Å². The molecule has 0 unspecified atom stereocenters. The number of hydrogen-bond acceptors (Lipinski definition) is 4. The average molecular weight is 362 g/mol. The van der Waals surface area contributed by atoms with Crippen LogP contribution in [0.1, 0.15) is 15.9 Å². The second-order valence-corrected chi connectivity index (χ2v) is 5.85. The first-order valence-electron chi connectivity index (χ1n) is 8.28. The minimum absolute atomic E-state index is 0.210. The third kappa shape index (κ3) is 3.62. The molecule has 1 amide bonds. The van der Waals surface area contributed by atoms with Crippen LogP contribution in [-0.2, 0) is 6.54 Å². The molecule has 0 aliphatic rings. The number of benzene rings is 2. The highest BCUT2D eigenvalue weighted by Gasteiger charge is 2.13. The number of halogens is 1. The quantitative estimate of drug-likeness (QED) is 0.566. The maximum Gasteiger partial charge on any atom is 0.253 e. The smallest absolute Gasteiger partial charge is 0.253 e. The number of fused-ring (bicyclic) bond motifs is 1. The van der Waals surface area contributed by atoms with E-state index in [2.05, 4.69) is 20.5 Å². The number of carbonyl (C=O) groups excluding carboxylic acids is 1. The fourth-order valence-electron chi connectivity index (χ4n) is 2.72. The Morgan fingerprint density at radius 2 is 2.04 bits per heavy atom. The van der Waals surface area contributed by atoms with E-state index in [0.717, 1.165) is 5.39 Å². The van der Waals surface area contributed by atoms with Crippen molar-refractivity contribution in [2.24, 2.45) is 0 Å². The number of hydrogen-bond donors (Lipinski definition) is 2. The van der Waals surface area contributed by atoms with E-state index in [1.807, 2.05) is 6.07 Å². The van der Waals surface area contributed by atoms with Gasteiger partial charge in [-0.05, 0) is 24.3 Å². The maximum absolute atomic E-state index is 13.3. The first-order valence-corrected chi connectivity index (χ1v) is 8.28. The van der Waals surface area contributed by atoms with Crippen molar-refractivity contribution >= 4 is 16.8 Å². The normalized spacial score (nSPS) is 10.7.